The molecule has 0 aliphatic heterocycles. The van der Waals surface area contributed by atoms with Crippen LogP contribution in [0.3, 0.4) is 0 Å². The average molecular weight is 181 g/mol. The van der Waals surface area contributed by atoms with Crippen LogP contribution in [-0.4, -0.2) is 6.54 Å². The Kier molecular flexibility index (Phi) is 4.03. The zero-order valence-corrected chi connectivity index (χ0v) is 8.49. The molecule has 1 unspecified atom stereocenters. The lowest BCUT2D eigenvalue weighted by Crippen LogP contribution is -2.18. The first-order valence-electron chi connectivity index (χ1n) is 4.93. The van der Waals surface area contributed by atoms with Gasteiger partial charge in [-0.2, -0.15) is 0 Å². The Hall–Kier alpha value is -0.760. The van der Waals surface area contributed by atoms with Gasteiger partial charge in [0.1, 0.15) is 0 Å². The van der Waals surface area contributed by atoms with Crippen molar-refractivity contribution in [3.8, 4) is 0 Å². The molecule has 1 aromatic rings. The Balaban J connectivity index is 2.40. The van der Waals surface area contributed by atoms with Crippen molar-refractivity contribution < 1.29 is 4.42 Å². The summed E-state index contributed by atoms with van der Waals surface area (Å²) in [6, 6.07) is 2.02. The normalized spacial score (nSPS) is 13.5. The van der Waals surface area contributed by atoms with Crippen LogP contribution < -0.4 is 5.73 Å². The molecule has 0 radical (unpaired) electrons. The van der Waals surface area contributed by atoms with E-state index in [2.05, 4.69) is 13.8 Å². The summed E-state index contributed by atoms with van der Waals surface area (Å²) < 4.78 is 5.02. The summed E-state index contributed by atoms with van der Waals surface area (Å²) in [6.07, 6.45) is 5.77. The Morgan fingerprint density at radius 3 is 2.69 bits per heavy atom. The average Bonchev–Trinajstić information content (AvgIpc) is 2.55. The standard InChI is InChI=1S/C11H19NO/c1-9(2)5-11(7-12)6-10-3-4-13-8-10/h3-4,8-9,11H,5-7,12H2,1-2H3. The highest BCUT2D eigenvalue weighted by molar-refractivity contribution is 5.06. The zero-order valence-electron chi connectivity index (χ0n) is 8.49. The predicted octanol–water partition coefficient (Wildman–Crippen LogP) is 2.44. The van der Waals surface area contributed by atoms with Gasteiger partial charge in [-0.3, -0.25) is 0 Å². The van der Waals surface area contributed by atoms with Crippen molar-refractivity contribution in [3.63, 3.8) is 0 Å². The van der Waals surface area contributed by atoms with Crippen LogP contribution in [-0.2, 0) is 6.42 Å². The number of furan rings is 1. The molecule has 1 atom stereocenters. The van der Waals surface area contributed by atoms with Gasteiger partial charge in [-0.25, -0.2) is 0 Å². The Morgan fingerprint density at radius 1 is 1.46 bits per heavy atom. The monoisotopic (exact) mass is 181 g/mol. The fourth-order valence-corrected chi connectivity index (χ4v) is 1.67. The lowest BCUT2D eigenvalue weighted by Gasteiger charge is -2.15. The highest BCUT2D eigenvalue weighted by atomic mass is 16.3. The van der Waals surface area contributed by atoms with Gasteiger partial charge in [-0.05, 0) is 42.9 Å². The second-order valence-electron chi connectivity index (χ2n) is 4.07. The van der Waals surface area contributed by atoms with Crippen LogP contribution in [0.1, 0.15) is 25.8 Å². The van der Waals surface area contributed by atoms with E-state index in [4.69, 9.17) is 10.2 Å². The summed E-state index contributed by atoms with van der Waals surface area (Å²) in [7, 11) is 0. The molecule has 13 heavy (non-hydrogen) atoms. The van der Waals surface area contributed by atoms with E-state index >= 15 is 0 Å². The van der Waals surface area contributed by atoms with Gasteiger partial charge in [0.15, 0.2) is 0 Å². The predicted molar refractivity (Wildman–Crippen MR) is 54.4 cm³/mol. The first-order valence-corrected chi connectivity index (χ1v) is 4.93. The van der Waals surface area contributed by atoms with Crippen molar-refractivity contribution in [2.75, 3.05) is 6.54 Å². The molecule has 0 amide bonds. The molecule has 2 N–H and O–H groups in total. The zero-order chi connectivity index (χ0) is 9.68. The van der Waals surface area contributed by atoms with Gasteiger partial charge in [-0.15, -0.1) is 0 Å². The summed E-state index contributed by atoms with van der Waals surface area (Å²) in [5.41, 5.74) is 6.97. The second-order valence-corrected chi connectivity index (χ2v) is 4.07. The molecule has 0 spiro atoms. The molecule has 0 saturated carbocycles. The van der Waals surface area contributed by atoms with E-state index in [0.29, 0.717) is 5.92 Å². The fraction of sp³-hybridized carbons (Fsp3) is 0.636. The molecule has 2 heteroatoms. The lowest BCUT2D eigenvalue weighted by molar-refractivity contribution is 0.413. The maximum absolute atomic E-state index is 5.71. The molecule has 2 nitrogen and oxygen atoms in total. The summed E-state index contributed by atoms with van der Waals surface area (Å²) in [5.74, 6) is 1.32. The van der Waals surface area contributed by atoms with E-state index in [1.54, 1.807) is 6.26 Å². The largest absolute Gasteiger partial charge is 0.472 e. The molecule has 0 fully saturated rings. The summed E-state index contributed by atoms with van der Waals surface area (Å²) in [5, 5.41) is 0. The van der Waals surface area contributed by atoms with E-state index in [1.807, 2.05) is 12.3 Å². The number of hydrogen-bond donors (Lipinski definition) is 1. The van der Waals surface area contributed by atoms with E-state index in [0.717, 1.165) is 18.9 Å². The van der Waals surface area contributed by atoms with Gasteiger partial charge in [0.05, 0.1) is 12.5 Å². The van der Waals surface area contributed by atoms with Crippen molar-refractivity contribution in [1.29, 1.82) is 0 Å². The van der Waals surface area contributed by atoms with Gasteiger partial charge in [0.25, 0.3) is 0 Å². The minimum atomic E-state index is 0.595. The molecular formula is C11H19NO. The van der Waals surface area contributed by atoms with Crippen molar-refractivity contribution in [1.82, 2.24) is 0 Å². The van der Waals surface area contributed by atoms with Crippen molar-refractivity contribution in [3.05, 3.63) is 24.2 Å². The molecule has 74 valence electrons. The van der Waals surface area contributed by atoms with Gasteiger partial charge >= 0.3 is 0 Å². The quantitative estimate of drug-likeness (QED) is 0.757. The van der Waals surface area contributed by atoms with E-state index in [1.165, 1.54) is 12.0 Å². The van der Waals surface area contributed by atoms with Crippen LogP contribution in [0, 0.1) is 11.8 Å². The molecular weight excluding hydrogens is 162 g/mol. The highest BCUT2D eigenvalue weighted by Crippen LogP contribution is 2.16. The Bertz CT molecular complexity index is 216. The minimum absolute atomic E-state index is 0.595. The molecule has 0 bridgehead atoms. The SMILES string of the molecule is CC(C)CC(CN)Cc1ccoc1. The fourth-order valence-electron chi connectivity index (χ4n) is 1.67. The van der Waals surface area contributed by atoms with E-state index in [9.17, 15) is 0 Å². The molecule has 0 aliphatic carbocycles. The first-order chi connectivity index (χ1) is 6.22. The summed E-state index contributed by atoms with van der Waals surface area (Å²) >= 11 is 0. The van der Waals surface area contributed by atoms with Crippen LogP contribution in [0.5, 0.6) is 0 Å². The van der Waals surface area contributed by atoms with Crippen LogP contribution in [0.4, 0.5) is 0 Å². The third kappa shape index (κ3) is 3.64. The van der Waals surface area contributed by atoms with Gasteiger partial charge in [0.2, 0.25) is 0 Å². The van der Waals surface area contributed by atoms with Crippen molar-refractivity contribution in [2.45, 2.75) is 26.7 Å². The van der Waals surface area contributed by atoms with Crippen LogP contribution in [0.2, 0.25) is 0 Å². The lowest BCUT2D eigenvalue weighted by atomic mass is 9.92. The Labute approximate surface area is 80.1 Å². The van der Waals surface area contributed by atoms with Crippen molar-refractivity contribution in [2.24, 2.45) is 17.6 Å². The molecule has 0 aliphatic rings. The maximum Gasteiger partial charge on any atom is 0.0934 e. The molecule has 1 rings (SSSR count). The Morgan fingerprint density at radius 2 is 2.23 bits per heavy atom. The van der Waals surface area contributed by atoms with Crippen LogP contribution in [0.25, 0.3) is 0 Å². The van der Waals surface area contributed by atoms with Crippen molar-refractivity contribution >= 4 is 0 Å². The molecule has 0 saturated heterocycles. The number of nitrogens with two attached hydrogens (primary N) is 1. The highest BCUT2D eigenvalue weighted by Gasteiger charge is 2.10. The van der Waals surface area contributed by atoms with Gasteiger partial charge < -0.3 is 10.2 Å². The van der Waals surface area contributed by atoms with Crippen LogP contribution >= 0.6 is 0 Å². The van der Waals surface area contributed by atoms with Gasteiger partial charge in [-0.1, -0.05) is 13.8 Å². The first kappa shape index (κ1) is 10.3. The number of rotatable bonds is 5. The third-order valence-corrected chi connectivity index (χ3v) is 2.24. The smallest absolute Gasteiger partial charge is 0.0934 e. The number of hydrogen-bond acceptors (Lipinski definition) is 2. The summed E-state index contributed by atoms with van der Waals surface area (Å²) in [6.45, 7) is 5.24. The van der Waals surface area contributed by atoms with Crippen LogP contribution in [0.15, 0.2) is 23.0 Å². The third-order valence-electron chi connectivity index (χ3n) is 2.24. The molecule has 0 aromatic carbocycles. The molecule has 1 heterocycles. The van der Waals surface area contributed by atoms with E-state index in [-0.39, 0.29) is 0 Å². The second kappa shape index (κ2) is 5.07. The van der Waals surface area contributed by atoms with Gasteiger partial charge in [0, 0.05) is 0 Å². The summed E-state index contributed by atoms with van der Waals surface area (Å²) in [4.78, 5) is 0. The minimum Gasteiger partial charge on any atom is -0.472 e. The maximum atomic E-state index is 5.71. The molecule has 1 aromatic heterocycles. The van der Waals surface area contributed by atoms with E-state index < -0.39 is 0 Å². The topological polar surface area (TPSA) is 39.2 Å².